The van der Waals surface area contributed by atoms with Crippen LogP contribution in [0.15, 0.2) is 54.6 Å². The number of amides is 4. The number of rotatable bonds is 5. The number of hydrogen-bond donors (Lipinski definition) is 0. The fourth-order valence-corrected chi connectivity index (χ4v) is 3.89. The smallest absolute Gasteiger partial charge is 0.281 e. The summed E-state index contributed by atoms with van der Waals surface area (Å²) in [4.78, 5) is 41.5. The average molecular weight is 363 g/mol. The quantitative estimate of drug-likeness (QED) is 0.605. The highest BCUT2D eigenvalue weighted by Gasteiger charge is 2.45. The van der Waals surface area contributed by atoms with Crippen LogP contribution in [0.1, 0.15) is 29.2 Å². The van der Waals surface area contributed by atoms with Crippen LogP contribution >= 0.6 is 0 Å². The Bertz CT molecular complexity index is 897. The van der Waals surface area contributed by atoms with E-state index in [1.54, 1.807) is 0 Å². The van der Waals surface area contributed by atoms with Crippen molar-refractivity contribution in [1.82, 2.24) is 14.7 Å². The van der Waals surface area contributed by atoms with Crippen molar-refractivity contribution < 1.29 is 14.4 Å². The fraction of sp³-hybridized carbons (Fsp3) is 0.286. The van der Waals surface area contributed by atoms with Gasteiger partial charge in [0.1, 0.15) is 0 Å². The average Bonchev–Trinajstić information content (AvgIpc) is 3.20. The molecular formula is C21H21N3O3. The van der Waals surface area contributed by atoms with Gasteiger partial charge in [0.05, 0.1) is 13.2 Å². The molecule has 2 aromatic rings. The minimum absolute atomic E-state index is 0.105. The molecule has 0 bridgehead atoms. The van der Waals surface area contributed by atoms with Gasteiger partial charge in [-0.05, 0) is 36.6 Å². The minimum atomic E-state index is -0.760. The van der Waals surface area contributed by atoms with Gasteiger partial charge in [-0.25, -0.2) is 9.69 Å². The lowest BCUT2D eigenvalue weighted by atomic mass is 10.1. The molecule has 2 aromatic carbocycles. The molecule has 0 unspecified atom stereocenters. The largest absolute Gasteiger partial charge is 0.335 e. The topological polar surface area (TPSA) is 60.9 Å². The molecular weight excluding hydrogens is 342 g/mol. The van der Waals surface area contributed by atoms with E-state index in [1.165, 1.54) is 11.1 Å². The summed E-state index contributed by atoms with van der Waals surface area (Å²) >= 11 is 0. The molecule has 1 atom stereocenters. The van der Waals surface area contributed by atoms with Crippen LogP contribution in [0.5, 0.6) is 0 Å². The van der Waals surface area contributed by atoms with Crippen molar-refractivity contribution in [1.29, 1.82) is 0 Å². The first-order chi connectivity index (χ1) is 13.1. The molecule has 1 aliphatic carbocycles. The molecule has 1 heterocycles. The van der Waals surface area contributed by atoms with Gasteiger partial charge in [-0.2, -0.15) is 0 Å². The standard InChI is InChI=1S/C21H21N3O3/c1-22(18-12-11-16-9-5-6-10-17(16)18)14-24-20(26)19(25)23(21(24)27)13-15-7-3-2-4-8-15/h2-10,18H,11-14H2,1H3/t18-/m1/s1. The number of carbonyl (C=O) groups excluding carboxylic acids is 3. The predicted octanol–water partition coefficient (Wildman–Crippen LogP) is 2.55. The normalized spacial score (nSPS) is 19.3. The summed E-state index contributed by atoms with van der Waals surface area (Å²) in [6.45, 7) is 0.213. The van der Waals surface area contributed by atoms with Crippen LogP contribution in [-0.4, -0.2) is 46.3 Å². The van der Waals surface area contributed by atoms with Crippen LogP contribution < -0.4 is 0 Å². The third kappa shape index (κ3) is 3.13. The Balaban J connectivity index is 1.48. The second-order valence-corrected chi connectivity index (χ2v) is 7.04. The highest BCUT2D eigenvalue weighted by Crippen LogP contribution is 2.35. The van der Waals surface area contributed by atoms with Gasteiger partial charge in [0.2, 0.25) is 0 Å². The van der Waals surface area contributed by atoms with Gasteiger partial charge >= 0.3 is 17.8 Å². The van der Waals surface area contributed by atoms with Crippen molar-refractivity contribution in [3.63, 3.8) is 0 Å². The Morgan fingerprint density at radius 3 is 2.37 bits per heavy atom. The lowest BCUT2D eigenvalue weighted by molar-refractivity contribution is -0.144. The highest BCUT2D eigenvalue weighted by atomic mass is 16.2. The van der Waals surface area contributed by atoms with Gasteiger partial charge in [-0.15, -0.1) is 0 Å². The Kier molecular flexibility index (Phi) is 4.49. The first kappa shape index (κ1) is 17.4. The molecule has 0 N–H and O–H groups in total. The van der Waals surface area contributed by atoms with E-state index in [2.05, 4.69) is 12.1 Å². The summed E-state index contributed by atoms with van der Waals surface area (Å²) in [5.74, 6) is -1.52. The zero-order valence-electron chi connectivity index (χ0n) is 15.2. The van der Waals surface area contributed by atoms with Crippen LogP contribution in [0, 0.1) is 0 Å². The van der Waals surface area contributed by atoms with Gasteiger partial charge in [-0.1, -0.05) is 54.6 Å². The van der Waals surface area contributed by atoms with Crippen LogP contribution in [0.4, 0.5) is 4.79 Å². The molecule has 6 heteroatoms. The molecule has 0 spiro atoms. The molecule has 6 nitrogen and oxygen atoms in total. The van der Waals surface area contributed by atoms with E-state index in [0.29, 0.717) is 0 Å². The molecule has 0 aromatic heterocycles. The van der Waals surface area contributed by atoms with Gasteiger partial charge in [-0.3, -0.25) is 19.4 Å². The van der Waals surface area contributed by atoms with Gasteiger partial charge in [0.15, 0.2) is 0 Å². The van der Waals surface area contributed by atoms with E-state index in [4.69, 9.17) is 0 Å². The minimum Gasteiger partial charge on any atom is -0.281 e. The molecule has 138 valence electrons. The van der Waals surface area contributed by atoms with E-state index in [9.17, 15) is 14.4 Å². The zero-order chi connectivity index (χ0) is 19.0. The summed E-state index contributed by atoms with van der Waals surface area (Å²) in [6, 6.07) is 17.0. The number of carbonyl (C=O) groups is 3. The van der Waals surface area contributed by atoms with Gasteiger partial charge in [0, 0.05) is 6.04 Å². The van der Waals surface area contributed by atoms with Gasteiger partial charge < -0.3 is 0 Å². The molecule has 0 radical (unpaired) electrons. The monoisotopic (exact) mass is 363 g/mol. The molecule has 4 amide bonds. The van der Waals surface area contributed by atoms with E-state index in [0.717, 1.165) is 28.2 Å². The molecule has 0 saturated carbocycles. The number of urea groups is 1. The lowest BCUT2D eigenvalue weighted by Gasteiger charge is -2.28. The van der Waals surface area contributed by atoms with Crippen LogP contribution in [0.25, 0.3) is 0 Å². The van der Waals surface area contributed by atoms with Crippen molar-refractivity contribution in [2.24, 2.45) is 0 Å². The maximum atomic E-state index is 12.7. The summed E-state index contributed by atoms with van der Waals surface area (Å²) in [5, 5.41) is 0. The van der Waals surface area contributed by atoms with Crippen molar-refractivity contribution in [2.45, 2.75) is 25.4 Å². The molecule has 4 rings (SSSR count). The van der Waals surface area contributed by atoms with Crippen molar-refractivity contribution in [3.05, 3.63) is 71.3 Å². The number of nitrogens with zero attached hydrogens (tertiary/aromatic N) is 3. The number of fused-ring (bicyclic) bond motifs is 1. The predicted molar refractivity (Wildman–Crippen MR) is 99.4 cm³/mol. The summed E-state index contributed by atoms with van der Waals surface area (Å²) in [6.07, 6.45) is 1.92. The van der Waals surface area contributed by atoms with Crippen molar-refractivity contribution >= 4 is 17.8 Å². The third-order valence-electron chi connectivity index (χ3n) is 5.32. The molecule has 27 heavy (non-hydrogen) atoms. The van der Waals surface area contributed by atoms with Crippen LogP contribution in [0.2, 0.25) is 0 Å². The maximum absolute atomic E-state index is 12.7. The Hall–Kier alpha value is -2.99. The number of aryl methyl sites for hydroxylation is 1. The first-order valence-corrected chi connectivity index (χ1v) is 9.05. The van der Waals surface area contributed by atoms with E-state index in [-0.39, 0.29) is 19.3 Å². The van der Waals surface area contributed by atoms with Crippen LogP contribution in [-0.2, 0) is 22.6 Å². The third-order valence-corrected chi connectivity index (χ3v) is 5.32. The number of benzene rings is 2. The highest BCUT2D eigenvalue weighted by molar-refractivity contribution is 6.44. The Morgan fingerprint density at radius 2 is 1.59 bits per heavy atom. The summed E-state index contributed by atoms with van der Waals surface area (Å²) in [7, 11) is 1.89. The van der Waals surface area contributed by atoms with E-state index < -0.39 is 17.8 Å². The second-order valence-electron chi connectivity index (χ2n) is 7.04. The van der Waals surface area contributed by atoms with E-state index >= 15 is 0 Å². The van der Waals surface area contributed by atoms with Gasteiger partial charge in [0.25, 0.3) is 0 Å². The summed E-state index contributed by atoms with van der Waals surface area (Å²) < 4.78 is 0. The van der Waals surface area contributed by atoms with Crippen molar-refractivity contribution in [2.75, 3.05) is 13.7 Å². The second kappa shape index (κ2) is 6.96. The SMILES string of the molecule is CN(CN1C(=O)C(=O)N(Cc2ccccc2)C1=O)[C@@H]1CCc2ccccc21. The molecule has 1 fully saturated rings. The number of imide groups is 2. The zero-order valence-corrected chi connectivity index (χ0v) is 15.2. The lowest BCUT2D eigenvalue weighted by Crippen LogP contribution is -2.41. The number of hydrogen-bond acceptors (Lipinski definition) is 4. The Labute approximate surface area is 158 Å². The summed E-state index contributed by atoms with van der Waals surface area (Å²) in [5.41, 5.74) is 3.34. The fourth-order valence-electron chi connectivity index (χ4n) is 3.89. The van der Waals surface area contributed by atoms with E-state index in [1.807, 2.05) is 54.4 Å². The first-order valence-electron chi connectivity index (χ1n) is 9.05. The Morgan fingerprint density at radius 1 is 0.926 bits per heavy atom. The molecule has 1 saturated heterocycles. The van der Waals surface area contributed by atoms with Crippen molar-refractivity contribution in [3.8, 4) is 0 Å². The molecule has 2 aliphatic rings. The maximum Gasteiger partial charge on any atom is 0.335 e. The van der Waals surface area contributed by atoms with Crippen LogP contribution in [0.3, 0.4) is 0 Å². The molecule has 1 aliphatic heterocycles.